The van der Waals surface area contributed by atoms with Gasteiger partial charge in [-0.3, -0.25) is 0 Å². The Hall–Kier alpha value is -2.86. The summed E-state index contributed by atoms with van der Waals surface area (Å²) < 4.78 is 11.7. The van der Waals surface area contributed by atoms with E-state index >= 15 is 0 Å². The highest BCUT2D eigenvalue weighted by molar-refractivity contribution is 7.22. The molecule has 0 amide bonds. The van der Waals surface area contributed by atoms with Crippen LogP contribution in [-0.4, -0.2) is 24.1 Å². The molecule has 3 heterocycles. The lowest BCUT2D eigenvalue weighted by Crippen LogP contribution is -2.17. The molecular formula is C19H17N3O2S. The predicted molar refractivity (Wildman–Crippen MR) is 100 cm³/mol. The lowest BCUT2D eigenvalue weighted by Gasteiger charge is -2.16. The van der Waals surface area contributed by atoms with Crippen molar-refractivity contribution in [2.75, 3.05) is 19.1 Å². The van der Waals surface area contributed by atoms with Crippen LogP contribution in [0, 0.1) is 0 Å². The third-order valence-electron chi connectivity index (χ3n) is 4.00. The highest BCUT2D eigenvalue weighted by Gasteiger charge is 2.14. The van der Waals surface area contributed by atoms with E-state index in [1.54, 1.807) is 31.0 Å². The summed E-state index contributed by atoms with van der Waals surface area (Å²) in [5.41, 5.74) is 2.09. The number of furan rings is 1. The van der Waals surface area contributed by atoms with Crippen LogP contribution in [0.25, 0.3) is 20.7 Å². The number of aromatic nitrogens is 2. The second-order valence-electron chi connectivity index (χ2n) is 5.69. The fourth-order valence-corrected chi connectivity index (χ4v) is 3.88. The van der Waals surface area contributed by atoms with Gasteiger partial charge in [0.05, 0.1) is 30.1 Å². The minimum absolute atomic E-state index is 0.662. The van der Waals surface area contributed by atoms with Crippen molar-refractivity contribution in [1.82, 2.24) is 9.97 Å². The number of ether oxygens (including phenoxy) is 1. The lowest BCUT2D eigenvalue weighted by atomic mass is 10.2. The standard InChI is InChI=1S/C19H17N3O2S/c1-22(11-15-4-3-9-24-15)19-18-16(20-12-21-19)10-17(25-18)13-5-7-14(23-2)8-6-13/h3-10,12H,11H2,1-2H3. The molecule has 0 saturated heterocycles. The van der Waals surface area contributed by atoms with Crippen molar-refractivity contribution < 1.29 is 9.15 Å². The Balaban J connectivity index is 1.70. The first-order valence-electron chi connectivity index (χ1n) is 7.87. The van der Waals surface area contributed by atoms with E-state index < -0.39 is 0 Å². The molecule has 0 aliphatic heterocycles. The maximum atomic E-state index is 5.44. The molecule has 0 aliphatic carbocycles. The Kier molecular flexibility index (Phi) is 4.11. The molecule has 0 atom stereocenters. The molecule has 3 aromatic heterocycles. The Bertz CT molecular complexity index is 978. The number of methoxy groups -OCH3 is 1. The lowest BCUT2D eigenvalue weighted by molar-refractivity contribution is 0.415. The normalized spacial score (nSPS) is 11.0. The van der Waals surface area contributed by atoms with E-state index in [2.05, 4.69) is 33.1 Å². The van der Waals surface area contributed by atoms with Crippen LogP contribution in [0.1, 0.15) is 5.76 Å². The topological polar surface area (TPSA) is 51.4 Å². The number of nitrogens with zero attached hydrogens (tertiary/aromatic N) is 3. The van der Waals surface area contributed by atoms with Gasteiger partial charge < -0.3 is 14.1 Å². The highest BCUT2D eigenvalue weighted by atomic mass is 32.1. The van der Waals surface area contributed by atoms with Gasteiger partial charge in [-0.2, -0.15) is 0 Å². The zero-order chi connectivity index (χ0) is 17.2. The molecule has 6 heteroatoms. The van der Waals surface area contributed by atoms with Gasteiger partial charge in [0, 0.05) is 11.9 Å². The first-order chi connectivity index (χ1) is 12.2. The van der Waals surface area contributed by atoms with Crippen molar-refractivity contribution in [2.45, 2.75) is 6.54 Å². The SMILES string of the molecule is COc1ccc(-c2cc3ncnc(N(C)Cc4ccco4)c3s2)cc1. The second kappa shape index (κ2) is 6.57. The zero-order valence-electron chi connectivity index (χ0n) is 14.0. The molecule has 126 valence electrons. The average molecular weight is 351 g/mol. The quantitative estimate of drug-likeness (QED) is 0.526. The summed E-state index contributed by atoms with van der Waals surface area (Å²) in [6.45, 7) is 0.662. The van der Waals surface area contributed by atoms with Gasteiger partial charge in [-0.1, -0.05) is 0 Å². The third kappa shape index (κ3) is 3.08. The Morgan fingerprint density at radius 1 is 1.16 bits per heavy atom. The summed E-state index contributed by atoms with van der Waals surface area (Å²) in [5, 5.41) is 0. The van der Waals surface area contributed by atoms with Gasteiger partial charge in [0.25, 0.3) is 0 Å². The first kappa shape index (κ1) is 15.7. The molecular weight excluding hydrogens is 334 g/mol. The van der Waals surface area contributed by atoms with Crippen molar-refractivity contribution in [3.63, 3.8) is 0 Å². The average Bonchev–Trinajstić information content (AvgIpc) is 3.30. The van der Waals surface area contributed by atoms with Crippen molar-refractivity contribution in [1.29, 1.82) is 0 Å². The Morgan fingerprint density at radius 3 is 2.72 bits per heavy atom. The van der Waals surface area contributed by atoms with Gasteiger partial charge in [0.15, 0.2) is 0 Å². The summed E-state index contributed by atoms with van der Waals surface area (Å²) in [4.78, 5) is 12.1. The van der Waals surface area contributed by atoms with Crippen molar-refractivity contribution in [2.24, 2.45) is 0 Å². The van der Waals surface area contributed by atoms with E-state index in [0.717, 1.165) is 38.0 Å². The third-order valence-corrected chi connectivity index (χ3v) is 5.17. The molecule has 0 radical (unpaired) electrons. The molecule has 25 heavy (non-hydrogen) atoms. The molecule has 0 aliphatic rings. The predicted octanol–water partition coefficient (Wildman–Crippen LogP) is 4.60. The second-order valence-corrected chi connectivity index (χ2v) is 6.74. The van der Waals surface area contributed by atoms with Crippen LogP contribution in [0.2, 0.25) is 0 Å². The van der Waals surface area contributed by atoms with Gasteiger partial charge in [-0.15, -0.1) is 11.3 Å². The minimum atomic E-state index is 0.662. The summed E-state index contributed by atoms with van der Waals surface area (Å²) in [6, 6.07) is 14.0. The van der Waals surface area contributed by atoms with Gasteiger partial charge in [-0.25, -0.2) is 9.97 Å². The molecule has 1 aromatic carbocycles. The maximum absolute atomic E-state index is 5.44. The minimum Gasteiger partial charge on any atom is -0.497 e. The fraction of sp³-hybridized carbons (Fsp3) is 0.158. The molecule has 0 N–H and O–H groups in total. The number of anilines is 1. The number of benzene rings is 1. The summed E-state index contributed by atoms with van der Waals surface area (Å²) in [6.07, 6.45) is 3.30. The van der Waals surface area contributed by atoms with E-state index in [0.29, 0.717) is 6.54 Å². The number of hydrogen-bond acceptors (Lipinski definition) is 6. The van der Waals surface area contributed by atoms with Gasteiger partial charge in [0.1, 0.15) is 23.7 Å². The van der Waals surface area contributed by atoms with E-state index in [-0.39, 0.29) is 0 Å². The monoisotopic (exact) mass is 351 g/mol. The number of fused-ring (bicyclic) bond motifs is 1. The van der Waals surface area contributed by atoms with Crippen LogP contribution < -0.4 is 9.64 Å². The number of thiophene rings is 1. The fourth-order valence-electron chi connectivity index (χ4n) is 2.72. The largest absolute Gasteiger partial charge is 0.497 e. The highest BCUT2D eigenvalue weighted by Crippen LogP contribution is 2.37. The Morgan fingerprint density at radius 2 is 2.00 bits per heavy atom. The van der Waals surface area contributed by atoms with Gasteiger partial charge >= 0.3 is 0 Å². The molecule has 4 rings (SSSR count). The van der Waals surface area contributed by atoms with Crippen LogP contribution >= 0.6 is 11.3 Å². The molecule has 0 unspecified atom stereocenters. The number of rotatable bonds is 5. The van der Waals surface area contributed by atoms with Crippen molar-refractivity contribution in [3.8, 4) is 16.2 Å². The molecule has 0 spiro atoms. The first-order valence-corrected chi connectivity index (χ1v) is 8.69. The molecule has 0 saturated carbocycles. The maximum Gasteiger partial charge on any atom is 0.150 e. The van der Waals surface area contributed by atoms with E-state index in [1.165, 1.54) is 0 Å². The molecule has 4 aromatic rings. The molecule has 0 bridgehead atoms. The van der Waals surface area contributed by atoms with E-state index in [4.69, 9.17) is 9.15 Å². The van der Waals surface area contributed by atoms with Crippen LogP contribution in [0.15, 0.2) is 59.5 Å². The van der Waals surface area contributed by atoms with Crippen LogP contribution in [0.4, 0.5) is 5.82 Å². The van der Waals surface area contributed by atoms with Crippen LogP contribution in [0.3, 0.4) is 0 Å². The number of hydrogen-bond donors (Lipinski definition) is 0. The van der Waals surface area contributed by atoms with E-state index in [9.17, 15) is 0 Å². The van der Waals surface area contributed by atoms with Crippen LogP contribution in [0.5, 0.6) is 5.75 Å². The molecule has 5 nitrogen and oxygen atoms in total. The smallest absolute Gasteiger partial charge is 0.150 e. The summed E-state index contributed by atoms with van der Waals surface area (Å²) >= 11 is 1.69. The zero-order valence-corrected chi connectivity index (χ0v) is 14.8. The van der Waals surface area contributed by atoms with Crippen LogP contribution in [-0.2, 0) is 6.54 Å². The van der Waals surface area contributed by atoms with E-state index in [1.807, 2.05) is 31.3 Å². The van der Waals surface area contributed by atoms with Gasteiger partial charge in [0.2, 0.25) is 0 Å². The van der Waals surface area contributed by atoms with Crippen molar-refractivity contribution in [3.05, 3.63) is 60.8 Å². The summed E-state index contributed by atoms with van der Waals surface area (Å²) in [5.74, 6) is 2.66. The molecule has 0 fully saturated rings. The summed E-state index contributed by atoms with van der Waals surface area (Å²) in [7, 11) is 3.68. The van der Waals surface area contributed by atoms with Crippen molar-refractivity contribution >= 4 is 27.4 Å². The van der Waals surface area contributed by atoms with Gasteiger partial charge in [-0.05, 0) is 48.0 Å². The Labute approximate surface area is 149 Å².